The van der Waals surface area contributed by atoms with Crippen LogP contribution in [-0.2, 0) is 4.79 Å². The maximum absolute atomic E-state index is 14.3. The highest BCUT2D eigenvalue weighted by atomic mass is 35.5. The Labute approximate surface area is 246 Å². The van der Waals surface area contributed by atoms with Crippen molar-refractivity contribution in [1.82, 2.24) is 14.8 Å². The van der Waals surface area contributed by atoms with Gasteiger partial charge in [0.2, 0.25) is 12.0 Å². The highest BCUT2D eigenvalue weighted by Crippen LogP contribution is 2.41. The summed E-state index contributed by atoms with van der Waals surface area (Å²) >= 11 is 6.08. The first-order valence-corrected chi connectivity index (χ1v) is 12.3. The van der Waals surface area contributed by atoms with Gasteiger partial charge in [-0.25, -0.2) is 9.67 Å². The highest BCUT2D eigenvalue weighted by Gasteiger charge is 2.45. The number of nitrogens with zero attached hydrogens (tertiary/aromatic N) is 3. The molecule has 0 aliphatic heterocycles. The molecular formula is C26H29Cl3F3N5O3. The van der Waals surface area contributed by atoms with Gasteiger partial charge < -0.3 is 21.3 Å². The van der Waals surface area contributed by atoms with E-state index in [9.17, 15) is 18.0 Å². The molecule has 1 aliphatic rings. The van der Waals surface area contributed by atoms with E-state index in [1.54, 1.807) is 13.0 Å². The first-order chi connectivity index (χ1) is 17.9. The predicted octanol–water partition coefficient (Wildman–Crippen LogP) is 6.32. The third kappa shape index (κ3) is 7.81. The molecule has 0 bridgehead atoms. The molecule has 14 heteroatoms. The number of ether oxygens (including phenoxy) is 1. The third-order valence-electron chi connectivity index (χ3n) is 6.44. The average molecular weight is 623 g/mol. The maximum atomic E-state index is 14.3. The van der Waals surface area contributed by atoms with E-state index in [1.165, 1.54) is 41.3 Å². The van der Waals surface area contributed by atoms with E-state index >= 15 is 0 Å². The number of carbonyl (C=O) groups is 1. The van der Waals surface area contributed by atoms with Crippen LogP contribution in [0.1, 0.15) is 48.6 Å². The lowest BCUT2D eigenvalue weighted by Gasteiger charge is -2.25. The minimum atomic E-state index is -4.80. The lowest BCUT2D eigenvalue weighted by molar-refractivity contribution is -0.198. The van der Waals surface area contributed by atoms with Gasteiger partial charge in [0.25, 0.3) is 0 Å². The number of hydrogen-bond donors (Lipinski definition) is 3. The smallest absolute Gasteiger partial charge is 0.429 e. The van der Waals surface area contributed by atoms with Gasteiger partial charge in [0, 0.05) is 23.0 Å². The fraction of sp³-hybridized carbons (Fsp3) is 0.346. The number of aliphatic carboxylic acids is 1. The molecule has 0 spiro atoms. The quantitative estimate of drug-likeness (QED) is 0.268. The fourth-order valence-electron chi connectivity index (χ4n) is 4.47. The average Bonchev–Trinajstić information content (AvgIpc) is 3.29. The van der Waals surface area contributed by atoms with Gasteiger partial charge in [0.1, 0.15) is 6.04 Å². The molecular weight excluding hydrogens is 594 g/mol. The molecule has 0 saturated heterocycles. The monoisotopic (exact) mass is 621 g/mol. The van der Waals surface area contributed by atoms with Crippen molar-refractivity contribution in [3.63, 3.8) is 0 Å². The summed E-state index contributed by atoms with van der Waals surface area (Å²) in [5, 5.41) is 13.5. The van der Waals surface area contributed by atoms with Gasteiger partial charge in [-0.2, -0.15) is 18.3 Å². The van der Waals surface area contributed by atoms with Crippen LogP contribution in [0.4, 0.5) is 18.9 Å². The van der Waals surface area contributed by atoms with Crippen molar-refractivity contribution >= 4 is 53.6 Å². The van der Waals surface area contributed by atoms with Crippen LogP contribution in [-0.4, -0.2) is 38.1 Å². The molecule has 3 unspecified atom stereocenters. The second-order valence-corrected chi connectivity index (χ2v) is 9.75. The molecule has 3 atom stereocenters. The SMILES string of the molecule is Cc1ccn(-c2cc(Cl)ccc2C(Oc2ncc(C3=CCC(CC(N)C(=O)O)CC3)cc2N)C(F)(F)F)n1.Cl.Cl. The van der Waals surface area contributed by atoms with Crippen molar-refractivity contribution in [1.29, 1.82) is 0 Å². The second kappa shape index (κ2) is 13.6. The van der Waals surface area contributed by atoms with Gasteiger partial charge in [0.15, 0.2) is 0 Å². The van der Waals surface area contributed by atoms with E-state index in [2.05, 4.69) is 10.1 Å². The van der Waals surface area contributed by atoms with Crippen molar-refractivity contribution in [2.24, 2.45) is 11.7 Å². The summed E-state index contributed by atoms with van der Waals surface area (Å²) in [5.74, 6) is -1.25. The Morgan fingerprint density at radius 1 is 1.27 bits per heavy atom. The number of nitrogen functional groups attached to an aromatic ring is 1. The van der Waals surface area contributed by atoms with E-state index in [0.29, 0.717) is 30.5 Å². The number of nitrogens with two attached hydrogens (primary N) is 2. The van der Waals surface area contributed by atoms with Crippen molar-refractivity contribution in [2.45, 2.75) is 50.9 Å². The highest BCUT2D eigenvalue weighted by molar-refractivity contribution is 6.30. The van der Waals surface area contributed by atoms with Crippen molar-refractivity contribution in [3.8, 4) is 11.6 Å². The third-order valence-corrected chi connectivity index (χ3v) is 6.68. The summed E-state index contributed by atoms with van der Waals surface area (Å²) in [6.45, 7) is 1.72. The molecule has 40 heavy (non-hydrogen) atoms. The standard InChI is InChI=1S/C26H27ClF3N5O3.2ClH/c1-14-8-9-35(34-14)22-12-18(27)6-7-19(22)23(26(28,29)30)38-24-20(31)11-17(13-33-24)16-4-2-15(3-5-16)10-21(32)25(36)37;;/h4,6-9,11-13,15,21,23H,2-3,5,10,31-32H2,1H3,(H,36,37);2*1H. The lowest BCUT2D eigenvalue weighted by Crippen LogP contribution is -2.32. The number of benzene rings is 1. The Kier molecular flexibility index (Phi) is 11.3. The summed E-state index contributed by atoms with van der Waals surface area (Å²) in [4.78, 5) is 15.1. The molecule has 1 aliphatic carbocycles. The van der Waals surface area contributed by atoms with Gasteiger partial charge in [-0.05, 0) is 73.9 Å². The van der Waals surface area contributed by atoms with Gasteiger partial charge in [0.05, 0.1) is 17.1 Å². The number of halogens is 6. The lowest BCUT2D eigenvalue weighted by atomic mass is 9.83. The number of allylic oxidation sites excluding steroid dienone is 2. The van der Waals surface area contributed by atoms with Gasteiger partial charge >= 0.3 is 12.1 Å². The van der Waals surface area contributed by atoms with Crippen molar-refractivity contribution < 1.29 is 27.8 Å². The summed E-state index contributed by atoms with van der Waals surface area (Å²) < 4.78 is 49.5. The molecule has 2 aromatic heterocycles. The van der Waals surface area contributed by atoms with Crippen LogP contribution in [0, 0.1) is 12.8 Å². The maximum Gasteiger partial charge on any atom is 0.429 e. The summed E-state index contributed by atoms with van der Waals surface area (Å²) in [5.41, 5.74) is 13.8. The fourth-order valence-corrected chi connectivity index (χ4v) is 4.64. The summed E-state index contributed by atoms with van der Waals surface area (Å²) in [6, 6.07) is 6.27. The largest absolute Gasteiger partial charge is 0.480 e. The molecule has 8 nitrogen and oxygen atoms in total. The van der Waals surface area contributed by atoms with Crippen LogP contribution in [0.5, 0.6) is 5.88 Å². The number of aromatic nitrogens is 3. The number of rotatable bonds is 8. The Hall–Kier alpha value is -2.99. The zero-order valence-electron chi connectivity index (χ0n) is 21.3. The minimum Gasteiger partial charge on any atom is -0.480 e. The Morgan fingerprint density at radius 3 is 2.55 bits per heavy atom. The first-order valence-electron chi connectivity index (χ1n) is 11.9. The number of anilines is 1. The van der Waals surface area contributed by atoms with Crippen LogP contribution >= 0.6 is 36.4 Å². The van der Waals surface area contributed by atoms with E-state index in [-0.39, 0.29) is 58.6 Å². The van der Waals surface area contributed by atoms with Gasteiger partial charge in [-0.15, -0.1) is 24.8 Å². The number of alkyl halides is 3. The first kappa shape index (κ1) is 33.2. The van der Waals surface area contributed by atoms with Gasteiger partial charge in [-0.1, -0.05) is 23.7 Å². The predicted molar refractivity (Wildman–Crippen MR) is 151 cm³/mol. The van der Waals surface area contributed by atoms with Crippen LogP contribution in [0.25, 0.3) is 11.3 Å². The van der Waals surface area contributed by atoms with Crippen LogP contribution in [0.15, 0.2) is 48.8 Å². The molecule has 0 fully saturated rings. The molecule has 3 aromatic rings. The number of aryl methyl sites for hydroxylation is 1. The number of hydrogen-bond acceptors (Lipinski definition) is 6. The Bertz CT molecular complexity index is 1370. The molecule has 218 valence electrons. The normalized spacial score (nSPS) is 16.6. The summed E-state index contributed by atoms with van der Waals surface area (Å²) in [6.07, 6.45) is 0.124. The van der Waals surface area contributed by atoms with Crippen molar-refractivity contribution in [3.05, 3.63) is 70.6 Å². The number of pyridine rings is 1. The zero-order chi connectivity index (χ0) is 27.6. The Balaban J connectivity index is 0.00000280. The Morgan fingerprint density at radius 2 is 2.00 bits per heavy atom. The van der Waals surface area contributed by atoms with Gasteiger partial charge in [-0.3, -0.25) is 4.79 Å². The summed E-state index contributed by atoms with van der Waals surface area (Å²) in [7, 11) is 0. The molecule has 1 aromatic carbocycles. The molecule has 0 saturated carbocycles. The topological polar surface area (TPSA) is 129 Å². The van der Waals surface area contributed by atoms with Crippen LogP contribution in [0.2, 0.25) is 5.02 Å². The molecule has 0 radical (unpaired) electrons. The van der Waals surface area contributed by atoms with E-state index in [4.69, 9.17) is 32.9 Å². The molecule has 4 rings (SSSR count). The van der Waals surface area contributed by atoms with Crippen LogP contribution < -0.4 is 16.2 Å². The second-order valence-electron chi connectivity index (χ2n) is 9.31. The molecule has 2 heterocycles. The van der Waals surface area contributed by atoms with Crippen LogP contribution in [0.3, 0.4) is 0 Å². The number of carboxylic acid groups (broad SMARTS) is 1. The zero-order valence-corrected chi connectivity index (χ0v) is 23.7. The number of carboxylic acids is 1. The van der Waals surface area contributed by atoms with E-state index in [1.807, 2.05) is 6.08 Å². The minimum absolute atomic E-state index is 0. The molecule has 0 amide bonds. The molecule has 5 N–H and O–H groups in total. The van der Waals surface area contributed by atoms with Crippen molar-refractivity contribution in [2.75, 3.05) is 5.73 Å². The van der Waals surface area contributed by atoms with E-state index in [0.717, 1.165) is 12.0 Å². The van der Waals surface area contributed by atoms with E-state index < -0.39 is 24.3 Å².